The highest BCUT2D eigenvalue weighted by Gasteiger charge is 2.27. The highest BCUT2D eigenvalue weighted by atomic mass is 19.1. The number of carbonyl (C=O) groups excluding carboxylic acids is 1. The van der Waals surface area contributed by atoms with E-state index in [1.165, 1.54) is 24.3 Å². The summed E-state index contributed by atoms with van der Waals surface area (Å²) in [5.41, 5.74) is 9.06. The van der Waals surface area contributed by atoms with Gasteiger partial charge in [-0.2, -0.15) is 0 Å². The predicted octanol–water partition coefficient (Wildman–Crippen LogP) is 4.03. The normalized spacial score (nSPS) is 11.6. The van der Waals surface area contributed by atoms with Crippen molar-refractivity contribution in [1.29, 1.82) is 0 Å². The minimum absolute atomic E-state index is 0.163. The van der Waals surface area contributed by atoms with Gasteiger partial charge < -0.3 is 11.1 Å². The van der Waals surface area contributed by atoms with Crippen molar-refractivity contribution in [1.82, 2.24) is 15.0 Å². The molecule has 2 heterocycles. The quantitative estimate of drug-likeness (QED) is 0.528. The fourth-order valence-corrected chi connectivity index (χ4v) is 3.11. The maximum Gasteiger partial charge on any atom is 0.238 e. The lowest BCUT2D eigenvalue weighted by atomic mass is 9.94. The number of nitrogens with zero attached hydrogens (tertiary/aromatic N) is 3. The lowest BCUT2D eigenvalue weighted by molar-refractivity contribution is -0.116. The number of hydrogen-bond donors (Lipinski definition) is 2. The smallest absolute Gasteiger partial charge is 0.238 e. The zero-order chi connectivity index (χ0) is 20.9. The van der Waals surface area contributed by atoms with E-state index in [4.69, 9.17) is 5.73 Å². The average Bonchev–Trinajstić information content (AvgIpc) is 2.78. The van der Waals surface area contributed by atoms with E-state index >= 15 is 0 Å². The molecule has 0 aliphatic heterocycles. The van der Waals surface area contributed by atoms with E-state index in [1.54, 1.807) is 30.7 Å². The Morgan fingerprint density at radius 1 is 0.967 bits per heavy atom. The van der Waals surface area contributed by atoms with Gasteiger partial charge in [-0.05, 0) is 42.0 Å². The molecule has 0 unspecified atom stereocenters. The number of benzene rings is 2. The molecule has 1 atom stereocenters. The number of aromatic nitrogens is 3. The Kier molecular flexibility index (Phi) is 5.43. The summed E-state index contributed by atoms with van der Waals surface area (Å²) in [6.45, 7) is 0. The number of pyridine rings is 1. The summed E-state index contributed by atoms with van der Waals surface area (Å²) in [7, 11) is 0. The summed E-state index contributed by atoms with van der Waals surface area (Å²) < 4.78 is 13.2. The van der Waals surface area contributed by atoms with Crippen LogP contribution >= 0.6 is 0 Å². The van der Waals surface area contributed by atoms with Crippen LogP contribution in [-0.2, 0) is 4.79 Å². The fourth-order valence-electron chi connectivity index (χ4n) is 3.11. The second kappa shape index (κ2) is 8.48. The highest BCUT2D eigenvalue weighted by Crippen LogP contribution is 2.30. The van der Waals surface area contributed by atoms with Gasteiger partial charge >= 0.3 is 0 Å². The van der Waals surface area contributed by atoms with Crippen molar-refractivity contribution in [2.24, 2.45) is 0 Å². The molecular weight excluding hydrogens is 381 g/mol. The molecule has 6 nitrogen and oxygen atoms in total. The van der Waals surface area contributed by atoms with Gasteiger partial charge in [0.1, 0.15) is 23.2 Å². The summed E-state index contributed by atoms with van der Waals surface area (Å²) in [4.78, 5) is 26.2. The molecule has 0 aliphatic carbocycles. The first-order valence-electron chi connectivity index (χ1n) is 9.26. The Labute approximate surface area is 172 Å². The van der Waals surface area contributed by atoms with Crippen LogP contribution in [0.5, 0.6) is 0 Å². The molecule has 2 aromatic heterocycles. The molecule has 2 aromatic carbocycles. The van der Waals surface area contributed by atoms with Crippen molar-refractivity contribution in [3.63, 3.8) is 0 Å². The number of nitrogens with two attached hydrogens (primary N) is 1. The van der Waals surface area contributed by atoms with Crippen LogP contribution in [0.15, 0.2) is 85.3 Å². The largest absolute Gasteiger partial charge is 0.382 e. The van der Waals surface area contributed by atoms with E-state index in [2.05, 4.69) is 20.3 Å². The molecule has 0 fully saturated rings. The summed E-state index contributed by atoms with van der Waals surface area (Å²) in [6, 6.07) is 18.4. The number of anilines is 2. The SMILES string of the molecule is Nc1ncc(-c2ccncc2)nc1[C@H](C(=O)Nc1ccc(F)cc1)c1ccccc1. The lowest BCUT2D eigenvalue weighted by Crippen LogP contribution is -2.24. The van der Waals surface area contributed by atoms with Crippen LogP contribution < -0.4 is 11.1 Å². The average molecular weight is 399 g/mol. The fraction of sp³-hybridized carbons (Fsp3) is 0.0435. The summed E-state index contributed by atoms with van der Waals surface area (Å²) >= 11 is 0. The van der Waals surface area contributed by atoms with E-state index in [-0.39, 0.29) is 17.5 Å². The topological polar surface area (TPSA) is 93.8 Å². The van der Waals surface area contributed by atoms with E-state index in [0.29, 0.717) is 22.6 Å². The molecule has 1 amide bonds. The van der Waals surface area contributed by atoms with Gasteiger partial charge in [0.2, 0.25) is 5.91 Å². The maximum atomic E-state index is 13.3. The molecular formula is C23H18FN5O. The molecule has 4 rings (SSSR count). The van der Waals surface area contributed by atoms with Crippen LogP contribution in [0.4, 0.5) is 15.9 Å². The standard InChI is InChI=1S/C23H18FN5O/c24-17-6-8-18(9-7-17)28-23(30)20(16-4-2-1-3-5-16)21-22(25)27-14-19(29-21)15-10-12-26-13-11-15/h1-14,20H,(H2,25,27)(H,28,30)/t20-/m1/s1. The molecule has 30 heavy (non-hydrogen) atoms. The second-order valence-electron chi connectivity index (χ2n) is 6.60. The third kappa shape index (κ3) is 4.15. The summed E-state index contributed by atoms with van der Waals surface area (Å²) in [5.74, 6) is -1.37. The van der Waals surface area contributed by atoms with Crippen molar-refractivity contribution < 1.29 is 9.18 Å². The molecule has 0 aliphatic rings. The van der Waals surface area contributed by atoms with Gasteiger partial charge in [-0.1, -0.05) is 30.3 Å². The predicted molar refractivity (Wildman–Crippen MR) is 113 cm³/mol. The van der Waals surface area contributed by atoms with Crippen LogP contribution in [0.25, 0.3) is 11.3 Å². The number of nitrogen functional groups attached to an aromatic ring is 1. The van der Waals surface area contributed by atoms with Crippen molar-refractivity contribution >= 4 is 17.4 Å². The Bertz CT molecular complexity index is 1150. The van der Waals surface area contributed by atoms with Gasteiger partial charge in [0, 0.05) is 23.6 Å². The van der Waals surface area contributed by atoms with Crippen molar-refractivity contribution in [2.45, 2.75) is 5.92 Å². The monoisotopic (exact) mass is 399 g/mol. The minimum Gasteiger partial charge on any atom is -0.382 e. The number of nitrogens with one attached hydrogen (secondary N) is 1. The molecule has 0 saturated heterocycles. The van der Waals surface area contributed by atoms with E-state index < -0.39 is 5.92 Å². The van der Waals surface area contributed by atoms with Gasteiger partial charge in [0.05, 0.1) is 11.9 Å². The van der Waals surface area contributed by atoms with Gasteiger partial charge in [0.15, 0.2) is 0 Å². The van der Waals surface area contributed by atoms with E-state index in [0.717, 1.165) is 5.56 Å². The number of carbonyl (C=O) groups is 1. The molecule has 148 valence electrons. The summed E-state index contributed by atoms with van der Waals surface area (Å²) in [5, 5.41) is 2.81. The Balaban J connectivity index is 1.77. The van der Waals surface area contributed by atoms with Crippen LogP contribution in [0, 0.1) is 5.82 Å². The summed E-state index contributed by atoms with van der Waals surface area (Å²) in [6.07, 6.45) is 4.88. The molecule has 0 radical (unpaired) electrons. The van der Waals surface area contributed by atoms with Crippen LogP contribution in [0.2, 0.25) is 0 Å². The second-order valence-corrected chi connectivity index (χ2v) is 6.60. The van der Waals surface area contributed by atoms with Gasteiger partial charge in [-0.3, -0.25) is 9.78 Å². The van der Waals surface area contributed by atoms with Gasteiger partial charge in [-0.15, -0.1) is 0 Å². The molecule has 3 N–H and O–H groups in total. The van der Waals surface area contributed by atoms with Crippen molar-refractivity contribution in [3.05, 3.63) is 102 Å². The van der Waals surface area contributed by atoms with Crippen LogP contribution in [0.1, 0.15) is 17.2 Å². The highest BCUT2D eigenvalue weighted by molar-refractivity contribution is 5.98. The number of rotatable bonds is 5. The van der Waals surface area contributed by atoms with E-state index in [1.807, 2.05) is 30.3 Å². The molecule has 0 saturated carbocycles. The Hall–Kier alpha value is -4.13. The molecule has 7 heteroatoms. The van der Waals surface area contributed by atoms with Gasteiger partial charge in [-0.25, -0.2) is 14.4 Å². The van der Waals surface area contributed by atoms with Crippen LogP contribution in [0.3, 0.4) is 0 Å². The third-order valence-corrected chi connectivity index (χ3v) is 4.59. The zero-order valence-electron chi connectivity index (χ0n) is 15.9. The lowest BCUT2D eigenvalue weighted by Gasteiger charge is -2.19. The first-order valence-corrected chi connectivity index (χ1v) is 9.26. The molecule has 0 bridgehead atoms. The molecule has 0 spiro atoms. The first-order chi connectivity index (χ1) is 14.6. The first kappa shape index (κ1) is 19.2. The zero-order valence-corrected chi connectivity index (χ0v) is 15.9. The van der Waals surface area contributed by atoms with Crippen LogP contribution in [-0.4, -0.2) is 20.9 Å². The number of amides is 1. The van der Waals surface area contributed by atoms with Crippen molar-refractivity contribution in [2.75, 3.05) is 11.1 Å². The number of halogens is 1. The minimum atomic E-state index is -0.800. The third-order valence-electron chi connectivity index (χ3n) is 4.59. The van der Waals surface area contributed by atoms with Gasteiger partial charge in [0.25, 0.3) is 0 Å². The molecule has 4 aromatic rings. The Morgan fingerprint density at radius 3 is 2.37 bits per heavy atom. The Morgan fingerprint density at radius 2 is 1.67 bits per heavy atom. The maximum absolute atomic E-state index is 13.3. The van der Waals surface area contributed by atoms with Crippen molar-refractivity contribution in [3.8, 4) is 11.3 Å². The number of hydrogen-bond acceptors (Lipinski definition) is 5. The van der Waals surface area contributed by atoms with E-state index in [9.17, 15) is 9.18 Å².